The molecule has 0 fully saturated rings. The predicted molar refractivity (Wildman–Crippen MR) is 106 cm³/mol. The van der Waals surface area contributed by atoms with E-state index in [-0.39, 0.29) is 29.4 Å². The monoisotopic (exact) mass is 406 g/mol. The fourth-order valence-electron chi connectivity index (χ4n) is 2.74. The molecule has 0 atom stereocenters. The molecule has 4 nitrogen and oxygen atoms in total. The van der Waals surface area contributed by atoms with Gasteiger partial charge in [-0.05, 0) is 47.9 Å². The fourth-order valence-corrected chi connectivity index (χ4v) is 3.67. The zero-order chi connectivity index (χ0) is 16.4. The van der Waals surface area contributed by atoms with Crippen LogP contribution in [0.5, 0.6) is 0 Å². The van der Waals surface area contributed by atoms with E-state index in [1.54, 1.807) is 0 Å². The summed E-state index contributed by atoms with van der Waals surface area (Å²) in [4.78, 5) is 12.5. The van der Waals surface area contributed by atoms with E-state index in [1.807, 2.05) is 54.0 Å². The third-order valence-electron chi connectivity index (χ3n) is 3.94. The van der Waals surface area contributed by atoms with Gasteiger partial charge in [0.25, 0.3) is 5.91 Å². The lowest BCUT2D eigenvalue weighted by Gasteiger charge is -2.12. The van der Waals surface area contributed by atoms with Crippen LogP contribution in [0.15, 0.2) is 42.5 Å². The lowest BCUT2D eigenvalue weighted by molar-refractivity contribution is -0.639. The van der Waals surface area contributed by atoms with Crippen molar-refractivity contribution in [3.05, 3.63) is 53.6 Å². The third kappa shape index (κ3) is 3.60. The Hall–Kier alpha value is -1.92. The molecule has 0 aliphatic rings. The molecule has 1 amide bonds. The molecule has 3 aromatic rings. The Labute approximate surface area is 156 Å². The number of amides is 1. The number of aryl methyl sites for hydroxylation is 2. The molecule has 126 valence electrons. The Bertz CT molecular complexity index is 876. The fraction of sp³-hybridized carbons (Fsp3) is 0.222. The Balaban J connectivity index is 0.00000208. The summed E-state index contributed by atoms with van der Waals surface area (Å²) >= 11 is 1.50. The van der Waals surface area contributed by atoms with Crippen LogP contribution in [0.1, 0.15) is 18.1 Å². The molecule has 0 saturated carbocycles. The highest BCUT2D eigenvalue weighted by Crippen LogP contribution is 2.23. The van der Waals surface area contributed by atoms with Crippen molar-refractivity contribution >= 4 is 55.3 Å². The van der Waals surface area contributed by atoms with E-state index in [0.717, 1.165) is 33.5 Å². The number of nitrogens with zero attached hydrogens (tertiary/aromatic N) is 1. The number of para-hydroxylation sites is 2. The largest absolute Gasteiger partial charge is 0.333 e. The van der Waals surface area contributed by atoms with Gasteiger partial charge in [0.2, 0.25) is 0 Å². The van der Waals surface area contributed by atoms with Crippen LogP contribution in [0, 0.1) is 6.92 Å². The minimum Gasteiger partial charge on any atom is -0.322 e. The molecule has 0 saturated heterocycles. The minimum absolute atomic E-state index is 0. The average molecular weight is 407 g/mol. The van der Waals surface area contributed by atoms with Crippen molar-refractivity contribution in [1.29, 1.82) is 0 Å². The van der Waals surface area contributed by atoms with Gasteiger partial charge in [0, 0.05) is 5.69 Å². The molecule has 0 aliphatic carbocycles. The van der Waals surface area contributed by atoms with Crippen LogP contribution in [-0.4, -0.2) is 5.91 Å². The molecule has 6 heteroatoms. The molecular formula is C18H21BrN3OS+. The van der Waals surface area contributed by atoms with Gasteiger partial charge in [0.15, 0.2) is 6.54 Å². The van der Waals surface area contributed by atoms with Crippen LogP contribution >= 0.6 is 28.3 Å². The number of fused-ring (bicyclic) bond motifs is 1. The van der Waals surface area contributed by atoms with Gasteiger partial charge in [0.05, 0.1) is 4.70 Å². The SMILES string of the molecule is Br.CCc1cccc(C)c1NC(=O)C[n+]1c(N)sc2ccccc21. The van der Waals surface area contributed by atoms with Crippen molar-refractivity contribution in [2.24, 2.45) is 0 Å². The van der Waals surface area contributed by atoms with E-state index in [2.05, 4.69) is 12.2 Å². The van der Waals surface area contributed by atoms with Crippen LogP contribution < -0.4 is 15.6 Å². The first-order valence-corrected chi connectivity index (χ1v) is 8.47. The van der Waals surface area contributed by atoms with E-state index >= 15 is 0 Å². The van der Waals surface area contributed by atoms with E-state index in [4.69, 9.17) is 5.73 Å². The second-order valence-corrected chi connectivity index (χ2v) is 6.57. The van der Waals surface area contributed by atoms with Gasteiger partial charge in [-0.15, -0.1) is 17.0 Å². The zero-order valence-electron chi connectivity index (χ0n) is 13.7. The van der Waals surface area contributed by atoms with Crippen molar-refractivity contribution in [1.82, 2.24) is 0 Å². The van der Waals surface area contributed by atoms with E-state index in [0.29, 0.717) is 5.13 Å². The average Bonchev–Trinajstić information content (AvgIpc) is 2.85. The molecule has 0 radical (unpaired) electrons. The highest BCUT2D eigenvalue weighted by molar-refractivity contribution is 8.93. The lowest BCUT2D eigenvalue weighted by atomic mass is 10.1. The standard InChI is InChI=1S/C18H19N3OS.BrH/c1-3-13-8-6-7-12(2)17(13)20-16(22)11-21-14-9-4-5-10-15(14)23-18(21)19;/h4-10,19H,3,11H2,1-2H3,(H,20,22);1H/p+1. The van der Waals surface area contributed by atoms with E-state index in [1.165, 1.54) is 11.3 Å². The van der Waals surface area contributed by atoms with Gasteiger partial charge in [0.1, 0.15) is 5.52 Å². The summed E-state index contributed by atoms with van der Waals surface area (Å²) in [6.45, 7) is 4.31. The first-order chi connectivity index (χ1) is 11.1. The van der Waals surface area contributed by atoms with E-state index < -0.39 is 0 Å². The summed E-state index contributed by atoms with van der Waals surface area (Å²) in [5, 5.41) is 3.69. The van der Waals surface area contributed by atoms with Gasteiger partial charge in [-0.25, -0.2) is 4.57 Å². The number of halogens is 1. The van der Waals surface area contributed by atoms with Gasteiger partial charge < -0.3 is 5.32 Å². The van der Waals surface area contributed by atoms with Gasteiger partial charge in [-0.3, -0.25) is 10.5 Å². The topological polar surface area (TPSA) is 59.0 Å². The maximum absolute atomic E-state index is 12.5. The number of benzene rings is 2. The molecule has 1 aromatic heterocycles. The second-order valence-electron chi connectivity index (χ2n) is 5.50. The number of carbonyl (C=O) groups excluding carboxylic acids is 1. The first-order valence-electron chi connectivity index (χ1n) is 7.65. The number of aromatic nitrogens is 1. The molecule has 0 spiro atoms. The molecule has 0 bridgehead atoms. The number of nitrogens with two attached hydrogens (primary N) is 1. The van der Waals surface area contributed by atoms with Crippen LogP contribution in [0.3, 0.4) is 0 Å². The van der Waals surface area contributed by atoms with Crippen LogP contribution in [0.2, 0.25) is 0 Å². The van der Waals surface area contributed by atoms with Crippen LogP contribution in [0.4, 0.5) is 10.8 Å². The predicted octanol–water partition coefficient (Wildman–Crippen LogP) is 3.86. The Morgan fingerprint density at radius 2 is 1.96 bits per heavy atom. The highest BCUT2D eigenvalue weighted by atomic mass is 79.9. The molecule has 0 aliphatic heterocycles. The number of hydrogen-bond acceptors (Lipinski definition) is 3. The summed E-state index contributed by atoms with van der Waals surface area (Å²) in [6, 6.07) is 14.0. The normalized spacial score (nSPS) is 10.4. The lowest BCUT2D eigenvalue weighted by Crippen LogP contribution is -2.41. The molecule has 24 heavy (non-hydrogen) atoms. The van der Waals surface area contributed by atoms with Crippen LogP contribution in [-0.2, 0) is 17.8 Å². The molecular weight excluding hydrogens is 386 g/mol. The summed E-state index contributed by atoms with van der Waals surface area (Å²) < 4.78 is 2.95. The van der Waals surface area contributed by atoms with Gasteiger partial charge in [-0.1, -0.05) is 37.3 Å². The van der Waals surface area contributed by atoms with Gasteiger partial charge in [-0.2, -0.15) is 0 Å². The summed E-state index contributed by atoms with van der Waals surface area (Å²) in [7, 11) is 0. The van der Waals surface area contributed by atoms with E-state index in [9.17, 15) is 4.79 Å². The quantitative estimate of drug-likeness (QED) is 0.646. The maximum Gasteiger partial charge on any atom is 0.333 e. The summed E-state index contributed by atoms with van der Waals surface area (Å²) in [5.41, 5.74) is 10.2. The van der Waals surface area contributed by atoms with Crippen molar-refractivity contribution in [3.63, 3.8) is 0 Å². The Kier molecular flexibility index (Phi) is 5.96. The minimum atomic E-state index is -0.0609. The van der Waals surface area contributed by atoms with Crippen molar-refractivity contribution in [3.8, 4) is 0 Å². The van der Waals surface area contributed by atoms with Crippen molar-refractivity contribution in [2.75, 3.05) is 11.1 Å². The summed E-state index contributed by atoms with van der Waals surface area (Å²) in [5.74, 6) is -0.0609. The zero-order valence-corrected chi connectivity index (χ0v) is 16.2. The molecule has 2 aromatic carbocycles. The van der Waals surface area contributed by atoms with Crippen molar-refractivity contribution < 1.29 is 9.36 Å². The highest BCUT2D eigenvalue weighted by Gasteiger charge is 2.18. The number of nitrogens with one attached hydrogen (secondary N) is 1. The Morgan fingerprint density at radius 3 is 2.71 bits per heavy atom. The van der Waals surface area contributed by atoms with Crippen molar-refractivity contribution in [2.45, 2.75) is 26.8 Å². The number of carbonyl (C=O) groups is 1. The number of thiazole rings is 1. The summed E-state index contributed by atoms with van der Waals surface area (Å²) in [6.07, 6.45) is 0.883. The van der Waals surface area contributed by atoms with Gasteiger partial charge >= 0.3 is 5.13 Å². The third-order valence-corrected chi connectivity index (χ3v) is 4.94. The molecule has 3 N–H and O–H groups in total. The number of rotatable bonds is 4. The molecule has 3 rings (SSSR count). The smallest absolute Gasteiger partial charge is 0.322 e. The van der Waals surface area contributed by atoms with Crippen LogP contribution in [0.25, 0.3) is 10.2 Å². The first kappa shape index (κ1) is 18.4. The number of nitrogen functional groups attached to an aromatic ring is 1. The number of hydrogen-bond donors (Lipinski definition) is 2. The molecule has 1 heterocycles. The Morgan fingerprint density at radius 1 is 1.21 bits per heavy atom. The maximum atomic E-state index is 12.5. The molecule has 0 unspecified atom stereocenters. The number of anilines is 2. The second kappa shape index (κ2) is 7.77.